The predicted octanol–water partition coefficient (Wildman–Crippen LogP) is 4.83. The van der Waals surface area contributed by atoms with Crippen molar-refractivity contribution in [2.24, 2.45) is 0 Å². The number of ether oxygens (including phenoxy) is 1. The fourth-order valence-corrected chi connectivity index (χ4v) is 2.76. The van der Waals surface area contributed by atoms with Crippen molar-refractivity contribution in [1.29, 1.82) is 0 Å². The van der Waals surface area contributed by atoms with Crippen LogP contribution in [0.15, 0.2) is 53.0 Å². The van der Waals surface area contributed by atoms with Crippen molar-refractivity contribution in [3.8, 4) is 5.75 Å². The Morgan fingerprint density at radius 2 is 1.95 bits per heavy atom. The maximum atomic E-state index is 6.23. The summed E-state index contributed by atoms with van der Waals surface area (Å²) in [7, 11) is 0. The van der Waals surface area contributed by atoms with Gasteiger partial charge in [-0.05, 0) is 36.8 Å². The van der Waals surface area contributed by atoms with Crippen LogP contribution in [0.25, 0.3) is 0 Å². The van der Waals surface area contributed by atoms with Gasteiger partial charge in [-0.3, -0.25) is 0 Å². The van der Waals surface area contributed by atoms with E-state index in [1.165, 1.54) is 0 Å². The van der Waals surface area contributed by atoms with E-state index in [9.17, 15) is 0 Å². The van der Waals surface area contributed by atoms with Crippen LogP contribution in [-0.4, -0.2) is 13.2 Å². The molecular formula is C16H17BrClNO. The van der Waals surface area contributed by atoms with E-state index in [4.69, 9.17) is 16.3 Å². The third-order valence-corrected chi connectivity index (χ3v) is 3.81. The zero-order valence-corrected chi connectivity index (χ0v) is 13.6. The fourth-order valence-electron chi connectivity index (χ4n) is 1.92. The monoisotopic (exact) mass is 353 g/mol. The molecule has 2 rings (SSSR count). The molecule has 0 fully saturated rings. The highest BCUT2D eigenvalue weighted by Crippen LogP contribution is 2.26. The van der Waals surface area contributed by atoms with Crippen molar-refractivity contribution >= 4 is 27.5 Å². The van der Waals surface area contributed by atoms with E-state index in [1.807, 2.05) is 48.5 Å². The largest absolute Gasteiger partial charge is 0.492 e. The molecule has 20 heavy (non-hydrogen) atoms. The molecule has 0 amide bonds. The number of halogens is 2. The van der Waals surface area contributed by atoms with Crippen molar-refractivity contribution in [1.82, 2.24) is 5.32 Å². The quantitative estimate of drug-likeness (QED) is 0.750. The van der Waals surface area contributed by atoms with Crippen LogP contribution in [0.1, 0.15) is 18.5 Å². The Hall–Kier alpha value is -1.03. The van der Waals surface area contributed by atoms with Gasteiger partial charge < -0.3 is 10.1 Å². The number of hydrogen-bond acceptors (Lipinski definition) is 2. The molecule has 0 heterocycles. The van der Waals surface area contributed by atoms with Crippen molar-refractivity contribution in [3.05, 3.63) is 63.6 Å². The van der Waals surface area contributed by atoms with E-state index < -0.39 is 0 Å². The minimum absolute atomic E-state index is 0.190. The van der Waals surface area contributed by atoms with Gasteiger partial charge in [0.15, 0.2) is 0 Å². The predicted molar refractivity (Wildman–Crippen MR) is 87.5 cm³/mol. The second kappa shape index (κ2) is 7.67. The summed E-state index contributed by atoms with van der Waals surface area (Å²) in [5, 5.41) is 4.17. The summed E-state index contributed by atoms with van der Waals surface area (Å²) < 4.78 is 6.63. The molecule has 0 spiro atoms. The van der Waals surface area contributed by atoms with Crippen LogP contribution in [0.2, 0.25) is 5.02 Å². The van der Waals surface area contributed by atoms with Crippen LogP contribution in [0.3, 0.4) is 0 Å². The van der Waals surface area contributed by atoms with Gasteiger partial charge >= 0.3 is 0 Å². The molecular weight excluding hydrogens is 338 g/mol. The van der Waals surface area contributed by atoms with Crippen LogP contribution in [0, 0.1) is 0 Å². The van der Waals surface area contributed by atoms with Gasteiger partial charge in [-0.25, -0.2) is 0 Å². The molecule has 0 aromatic heterocycles. The molecule has 0 saturated heterocycles. The Balaban J connectivity index is 1.79. The highest BCUT2D eigenvalue weighted by Gasteiger charge is 2.09. The van der Waals surface area contributed by atoms with E-state index in [1.54, 1.807) is 0 Å². The Labute approximate surface area is 133 Å². The number of benzene rings is 2. The second-order valence-electron chi connectivity index (χ2n) is 4.50. The van der Waals surface area contributed by atoms with Crippen molar-refractivity contribution in [3.63, 3.8) is 0 Å². The van der Waals surface area contributed by atoms with Gasteiger partial charge in [-0.1, -0.05) is 51.8 Å². The lowest BCUT2D eigenvalue weighted by atomic mass is 10.1. The van der Waals surface area contributed by atoms with Crippen LogP contribution < -0.4 is 10.1 Å². The molecule has 1 atom stereocenters. The minimum Gasteiger partial charge on any atom is -0.492 e. The van der Waals surface area contributed by atoms with Gasteiger partial charge in [0.25, 0.3) is 0 Å². The average Bonchev–Trinajstić information content (AvgIpc) is 2.44. The van der Waals surface area contributed by atoms with E-state index >= 15 is 0 Å². The third-order valence-electron chi connectivity index (χ3n) is 2.99. The molecule has 2 nitrogen and oxygen atoms in total. The summed E-state index contributed by atoms with van der Waals surface area (Å²) in [6.45, 7) is 3.49. The van der Waals surface area contributed by atoms with Crippen LogP contribution in [0.4, 0.5) is 0 Å². The Morgan fingerprint density at radius 1 is 1.20 bits per heavy atom. The zero-order valence-electron chi connectivity index (χ0n) is 11.3. The topological polar surface area (TPSA) is 21.3 Å². The molecule has 0 radical (unpaired) electrons. The highest BCUT2D eigenvalue weighted by atomic mass is 79.9. The van der Waals surface area contributed by atoms with E-state index in [-0.39, 0.29) is 6.04 Å². The molecule has 1 N–H and O–H groups in total. The Bertz CT molecular complexity index is 547. The smallest absolute Gasteiger partial charge is 0.119 e. The lowest BCUT2D eigenvalue weighted by molar-refractivity contribution is 0.307. The normalized spacial score (nSPS) is 12.2. The number of hydrogen-bond donors (Lipinski definition) is 1. The summed E-state index contributed by atoms with van der Waals surface area (Å²) in [5.41, 5.74) is 1.09. The molecule has 1 unspecified atom stereocenters. The molecule has 0 saturated carbocycles. The molecule has 0 aliphatic rings. The Morgan fingerprint density at radius 3 is 2.65 bits per heavy atom. The Kier molecular flexibility index (Phi) is 5.89. The second-order valence-corrected chi connectivity index (χ2v) is 5.83. The standard InChI is InChI=1S/C16H17BrClNO/c1-12(15-8-7-13(17)11-16(15)18)19-9-10-20-14-5-3-2-4-6-14/h2-8,11-12,19H,9-10H2,1H3. The lowest BCUT2D eigenvalue weighted by Gasteiger charge is -2.16. The summed E-state index contributed by atoms with van der Waals surface area (Å²) in [6, 6.07) is 15.9. The minimum atomic E-state index is 0.190. The van der Waals surface area contributed by atoms with Gasteiger partial charge in [-0.15, -0.1) is 0 Å². The van der Waals surface area contributed by atoms with E-state index in [0.29, 0.717) is 6.61 Å². The van der Waals surface area contributed by atoms with Crippen molar-refractivity contribution in [2.75, 3.05) is 13.2 Å². The average molecular weight is 355 g/mol. The molecule has 0 aliphatic heterocycles. The first-order valence-corrected chi connectivity index (χ1v) is 7.70. The summed E-state index contributed by atoms with van der Waals surface area (Å²) >= 11 is 9.64. The lowest BCUT2D eigenvalue weighted by Crippen LogP contribution is -2.24. The maximum Gasteiger partial charge on any atom is 0.119 e. The van der Waals surface area contributed by atoms with E-state index in [0.717, 1.165) is 27.4 Å². The summed E-state index contributed by atoms with van der Waals surface area (Å²) in [4.78, 5) is 0. The molecule has 0 bridgehead atoms. The van der Waals surface area contributed by atoms with Crippen LogP contribution >= 0.6 is 27.5 Å². The molecule has 106 valence electrons. The van der Waals surface area contributed by atoms with E-state index in [2.05, 4.69) is 28.2 Å². The first kappa shape index (κ1) is 15.4. The fraction of sp³-hybridized carbons (Fsp3) is 0.250. The highest BCUT2D eigenvalue weighted by molar-refractivity contribution is 9.10. The maximum absolute atomic E-state index is 6.23. The molecule has 4 heteroatoms. The molecule has 2 aromatic carbocycles. The summed E-state index contributed by atoms with van der Waals surface area (Å²) in [6.07, 6.45) is 0. The summed E-state index contributed by atoms with van der Waals surface area (Å²) in [5.74, 6) is 0.892. The molecule has 2 aromatic rings. The van der Waals surface area contributed by atoms with Gasteiger partial charge in [-0.2, -0.15) is 0 Å². The van der Waals surface area contributed by atoms with Gasteiger partial charge in [0.05, 0.1) is 0 Å². The van der Waals surface area contributed by atoms with Gasteiger partial charge in [0, 0.05) is 22.1 Å². The van der Waals surface area contributed by atoms with Crippen LogP contribution in [0.5, 0.6) is 5.75 Å². The number of para-hydroxylation sites is 1. The van der Waals surface area contributed by atoms with Crippen LogP contribution in [-0.2, 0) is 0 Å². The zero-order chi connectivity index (χ0) is 14.4. The van der Waals surface area contributed by atoms with Gasteiger partial charge in [0.2, 0.25) is 0 Å². The molecule has 0 aliphatic carbocycles. The SMILES string of the molecule is CC(NCCOc1ccccc1)c1ccc(Br)cc1Cl. The third kappa shape index (κ3) is 4.51. The first-order valence-electron chi connectivity index (χ1n) is 6.53. The van der Waals surface area contributed by atoms with Crippen molar-refractivity contribution in [2.45, 2.75) is 13.0 Å². The number of nitrogens with one attached hydrogen (secondary N) is 1. The first-order chi connectivity index (χ1) is 9.66. The van der Waals surface area contributed by atoms with Gasteiger partial charge in [0.1, 0.15) is 12.4 Å². The van der Waals surface area contributed by atoms with Crippen molar-refractivity contribution < 1.29 is 4.74 Å². The number of rotatable bonds is 6.